The number of rotatable bonds is 5. The Bertz CT molecular complexity index is 678. The summed E-state index contributed by atoms with van der Waals surface area (Å²) in [5.41, 5.74) is 2.04. The molecule has 1 aromatic heterocycles. The molecule has 1 amide bonds. The molecule has 21 heavy (non-hydrogen) atoms. The van der Waals surface area contributed by atoms with Crippen LogP contribution in [0.15, 0.2) is 24.5 Å². The maximum Gasteiger partial charge on any atom is 0.326 e. The van der Waals surface area contributed by atoms with Crippen molar-refractivity contribution < 1.29 is 14.7 Å². The van der Waals surface area contributed by atoms with Crippen LogP contribution in [0.4, 0.5) is 0 Å². The smallest absolute Gasteiger partial charge is 0.326 e. The van der Waals surface area contributed by atoms with E-state index in [1.807, 2.05) is 18.5 Å². The van der Waals surface area contributed by atoms with Crippen LogP contribution in [0.2, 0.25) is 0 Å². The quantitative estimate of drug-likeness (QED) is 0.879. The minimum Gasteiger partial charge on any atom is -0.480 e. The zero-order valence-corrected chi connectivity index (χ0v) is 12.3. The molecule has 2 rings (SSSR count). The molecule has 1 heterocycles. The van der Waals surface area contributed by atoms with Crippen molar-refractivity contribution in [2.75, 3.05) is 0 Å². The number of amides is 1. The Labute approximate surface area is 122 Å². The summed E-state index contributed by atoms with van der Waals surface area (Å²) >= 11 is 0. The third-order valence-electron chi connectivity index (χ3n) is 3.75. The highest BCUT2D eigenvalue weighted by atomic mass is 16.4. The number of nitrogens with zero attached hydrogens (tertiary/aromatic N) is 2. The average Bonchev–Trinajstić information content (AvgIpc) is 2.84. The first-order valence-corrected chi connectivity index (χ1v) is 6.88. The van der Waals surface area contributed by atoms with Gasteiger partial charge in [0.2, 0.25) is 0 Å². The van der Waals surface area contributed by atoms with Crippen molar-refractivity contribution in [3.05, 3.63) is 30.1 Å². The van der Waals surface area contributed by atoms with Crippen molar-refractivity contribution in [1.29, 1.82) is 0 Å². The van der Waals surface area contributed by atoms with E-state index in [1.165, 1.54) is 0 Å². The van der Waals surface area contributed by atoms with Crippen LogP contribution >= 0.6 is 0 Å². The number of carboxylic acid groups (broad SMARTS) is 1. The highest BCUT2D eigenvalue weighted by Gasteiger charge is 2.25. The number of nitrogens with one attached hydrogen (secondary N) is 1. The van der Waals surface area contributed by atoms with Crippen molar-refractivity contribution in [2.24, 2.45) is 13.0 Å². The van der Waals surface area contributed by atoms with Gasteiger partial charge < -0.3 is 15.0 Å². The van der Waals surface area contributed by atoms with Gasteiger partial charge in [-0.2, -0.15) is 0 Å². The SMILES string of the molecule is CC[C@H](C)[C@H](NC(=O)c1ccc2c(c1)ncn2C)C(=O)O. The van der Waals surface area contributed by atoms with Crippen LogP contribution in [0.25, 0.3) is 11.0 Å². The molecule has 1 aromatic carbocycles. The first-order chi connectivity index (χ1) is 9.93. The van der Waals surface area contributed by atoms with Gasteiger partial charge in [0.25, 0.3) is 5.91 Å². The Morgan fingerprint density at radius 1 is 1.43 bits per heavy atom. The highest BCUT2D eigenvalue weighted by Crippen LogP contribution is 2.15. The number of aromatic nitrogens is 2. The number of hydrogen-bond acceptors (Lipinski definition) is 3. The van der Waals surface area contributed by atoms with Crippen molar-refractivity contribution in [2.45, 2.75) is 26.3 Å². The molecular formula is C15H19N3O3. The summed E-state index contributed by atoms with van der Waals surface area (Å²) in [7, 11) is 1.87. The minimum absolute atomic E-state index is 0.134. The van der Waals surface area contributed by atoms with E-state index in [2.05, 4.69) is 10.3 Å². The Hall–Kier alpha value is -2.37. The Morgan fingerprint density at radius 2 is 2.14 bits per heavy atom. The molecule has 0 aliphatic carbocycles. The van der Waals surface area contributed by atoms with Gasteiger partial charge in [-0.05, 0) is 24.1 Å². The fraction of sp³-hybridized carbons (Fsp3) is 0.400. The number of hydrogen-bond donors (Lipinski definition) is 2. The van der Waals surface area contributed by atoms with E-state index in [4.69, 9.17) is 0 Å². The predicted molar refractivity (Wildman–Crippen MR) is 79.1 cm³/mol. The zero-order valence-electron chi connectivity index (χ0n) is 12.3. The third-order valence-corrected chi connectivity index (χ3v) is 3.75. The lowest BCUT2D eigenvalue weighted by Gasteiger charge is -2.20. The molecule has 2 atom stereocenters. The van der Waals surface area contributed by atoms with E-state index in [1.54, 1.807) is 31.5 Å². The second kappa shape index (κ2) is 5.95. The zero-order chi connectivity index (χ0) is 15.6. The standard InChI is InChI=1S/C15H19N3O3/c1-4-9(2)13(15(20)21)17-14(19)10-5-6-12-11(7-10)16-8-18(12)3/h5-9,13H,4H2,1-3H3,(H,17,19)(H,20,21)/t9-,13-/m0/s1. The Kier molecular flexibility index (Phi) is 4.26. The fourth-order valence-electron chi connectivity index (χ4n) is 2.18. The van der Waals surface area contributed by atoms with E-state index >= 15 is 0 Å². The third kappa shape index (κ3) is 3.04. The molecule has 0 saturated heterocycles. The van der Waals surface area contributed by atoms with Crippen LogP contribution in [0.5, 0.6) is 0 Å². The Balaban J connectivity index is 2.22. The van der Waals surface area contributed by atoms with Gasteiger partial charge in [0.15, 0.2) is 0 Å². The average molecular weight is 289 g/mol. The van der Waals surface area contributed by atoms with Crippen molar-refractivity contribution in [3.8, 4) is 0 Å². The van der Waals surface area contributed by atoms with Crippen LogP contribution < -0.4 is 5.32 Å². The van der Waals surface area contributed by atoms with Crippen LogP contribution in [0.3, 0.4) is 0 Å². The summed E-state index contributed by atoms with van der Waals surface area (Å²) < 4.78 is 1.86. The van der Waals surface area contributed by atoms with E-state index in [-0.39, 0.29) is 5.92 Å². The largest absolute Gasteiger partial charge is 0.480 e. The number of carboxylic acids is 1. The van der Waals surface area contributed by atoms with Gasteiger partial charge in [-0.15, -0.1) is 0 Å². The molecule has 112 valence electrons. The summed E-state index contributed by atoms with van der Waals surface area (Å²) in [6, 6.07) is 4.26. The van der Waals surface area contributed by atoms with Gasteiger partial charge in [0.05, 0.1) is 17.4 Å². The lowest BCUT2D eigenvalue weighted by atomic mass is 9.99. The summed E-state index contributed by atoms with van der Waals surface area (Å²) in [6.07, 6.45) is 2.35. The van der Waals surface area contributed by atoms with Crippen molar-refractivity contribution in [3.63, 3.8) is 0 Å². The molecule has 0 spiro atoms. The first kappa shape index (κ1) is 15.0. The van der Waals surface area contributed by atoms with Crippen LogP contribution in [-0.4, -0.2) is 32.6 Å². The molecule has 6 heteroatoms. The fourth-order valence-corrected chi connectivity index (χ4v) is 2.18. The Morgan fingerprint density at radius 3 is 2.76 bits per heavy atom. The lowest BCUT2D eigenvalue weighted by Crippen LogP contribution is -2.45. The van der Waals surface area contributed by atoms with Gasteiger partial charge in [-0.1, -0.05) is 20.3 Å². The summed E-state index contributed by atoms with van der Waals surface area (Å²) in [5.74, 6) is -1.54. The van der Waals surface area contributed by atoms with Gasteiger partial charge in [-0.25, -0.2) is 9.78 Å². The molecule has 0 aliphatic rings. The van der Waals surface area contributed by atoms with Crippen LogP contribution in [0.1, 0.15) is 30.6 Å². The maximum atomic E-state index is 12.2. The molecule has 0 fully saturated rings. The molecule has 6 nitrogen and oxygen atoms in total. The number of aliphatic carboxylic acids is 1. The predicted octanol–water partition coefficient (Wildman–Crippen LogP) is 1.80. The molecule has 2 aromatic rings. The van der Waals surface area contributed by atoms with E-state index in [9.17, 15) is 14.7 Å². The number of imidazole rings is 1. The first-order valence-electron chi connectivity index (χ1n) is 6.88. The summed E-state index contributed by atoms with van der Waals surface area (Å²) in [5, 5.41) is 11.8. The van der Waals surface area contributed by atoms with Gasteiger partial charge >= 0.3 is 5.97 Å². The normalized spacial score (nSPS) is 13.9. The van der Waals surface area contributed by atoms with Gasteiger partial charge in [-0.3, -0.25) is 4.79 Å². The lowest BCUT2D eigenvalue weighted by molar-refractivity contribution is -0.140. The van der Waals surface area contributed by atoms with E-state index in [0.29, 0.717) is 17.5 Å². The van der Waals surface area contributed by atoms with Gasteiger partial charge in [0, 0.05) is 12.6 Å². The monoisotopic (exact) mass is 289 g/mol. The molecule has 0 aliphatic heterocycles. The van der Waals surface area contributed by atoms with E-state index in [0.717, 1.165) is 5.52 Å². The number of aryl methyl sites for hydroxylation is 1. The highest BCUT2D eigenvalue weighted by molar-refractivity contribution is 5.99. The molecule has 0 bridgehead atoms. The second-order valence-electron chi connectivity index (χ2n) is 5.23. The van der Waals surface area contributed by atoms with Crippen molar-refractivity contribution in [1.82, 2.24) is 14.9 Å². The topological polar surface area (TPSA) is 84.2 Å². The van der Waals surface area contributed by atoms with Gasteiger partial charge in [0.1, 0.15) is 6.04 Å². The van der Waals surface area contributed by atoms with Crippen LogP contribution in [-0.2, 0) is 11.8 Å². The number of carbonyl (C=O) groups excluding carboxylic acids is 1. The van der Waals surface area contributed by atoms with E-state index < -0.39 is 17.9 Å². The number of carbonyl (C=O) groups is 2. The second-order valence-corrected chi connectivity index (χ2v) is 5.23. The minimum atomic E-state index is -1.02. The van der Waals surface area contributed by atoms with Crippen LogP contribution in [0, 0.1) is 5.92 Å². The molecule has 0 radical (unpaired) electrons. The molecule has 0 saturated carbocycles. The molecule has 2 N–H and O–H groups in total. The summed E-state index contributed by atoms with van der Waals surface area (Å²) in [4.78, 5) is 27.7. The summed E-state index contributed by atoms with van der Waals surface area (Å²) in [6.45, 7) is 3.70. The number of fused-ring (bicyclic) bond motifs is 1. The van der Waals surface area contributed by atoms with Crippen molar-refractivity contribution >= 4 is 22.9 Å². The maximum absolute atomic E-state index is 12.2. The molecular weight excluding hydrogens is 270 g/mol. The molecule has 0 unspecified atom stereocenters. The number of benzene rings is 1.